The van der Waals surface area contributed by atoms with E-state index in [1.54, 1.807) is 25.1 Å². The number of nitrogens with zero attached hydrogens (tertiary/aromatic N) is 2. The zero-order valence-electron chi connectivity index (χ0n) is 8.70. The predicted octanol–water partition coefficient (Wildman–Crippen LogP) is 1.58. The van der Waals surface area contributed by atoms with Crippen molar-refractivity contribution < 1.29 is 9.18 Å². The summed E-state index contributed by atoms with van der Waals surface area (Å²) >= 11 is 0. The van der Waals surface area contributed by atoms with Crippen LogP contribution in [-0.4, -0.2) is 11.6 Å². The van der Waals surface area contributed by atoms with Gasteiger partial charge in [0.2, 0.25) is 0 Å². The highest BCUT2D eigenvalue weighted by atomic mass is 19.1. The predicted molar refractivity (Wildman–Crippen MR) is 57.0 cm³/mol. The summed E-state index contributed by atoms with van der Waals surface area (Å²) in [5.41, 5.74) is 3.48. The zero-order chi connectivity index (χ0) is 12.0. The Labute approximate surface area is 92.4 Å². The van der Waals surface area contributed by atoms with Gasteiger partial charge in [0.15, 0.2) is 0 Å². The van der Waals surface area contributed by atoms with Gasteiger partial charge in [-0.2, -0.15) is 10.4 Å². The Bertz CT molecular complexity index is 445. The number of nitriles is 1. The Hall–Kier alpha value is -2.22. The van der Waals surface area contributed by atoms with E-state index in [0.717, 1.165) is 0 Å². The molecule has 1 aromatic rings. The first kappa shape index (κ1) is 11.9. The zero-order valence-corrected chi connectivity index (χ0v) is 8.70. The van der Waals surface area contributed by atoms with Gasteiger partial charge in [-0.15, -0.1) is 0 Å². The molecule has 0 aliphatic heterocycles. The number of hydrogen-bond acceptors (Lipinski definition) is 3. The first-order valence-corrected chi connectivity index (χ1v) is 4.59. The summed E-state index contributed by atoms with van der Waals surface area (Å²) in [7, 11) is 0. The molecular weight excluding hydrogens is 209 g/mol. The van der Waals surface area contributed by atoms with Crippen molar-refractivity contribution in [1.29, 1.82) is 5.26 Å². The van der Waals surface area contributed by atoms with E-state index in [1.807, 2.05) is 0 Å². The summed E-state index contributed by atoms with van der Waals surface area (Å²) < 4.78 is 12.6. The lowest BCUT2D eigenvalue weighted by Crippen LogP contribution is -2.18. The van der Waals surface area contributed by atoms with E-state index in [-0.39, 0.29) is 12.2 Å². The summed E-state index contributed by atoms with van der Waals surface area (Å²) in [5, 5.41) is 12.0. The number of nitrogens with one attached hydrogen (secondary N) is 1. The molecule has 0 saturated heterocycles. The molecule has 0 aromatic heterocycles. The van der Waals surface area contributed by atoms with Gasteiger partial charge in [0.05, 0.1) is 11.8 Å². The highest BCUT2D eigenvalue weighted by Crippen LogP contribution is 2.03. The molecule has 0 unspecified atom stereocenters. The second kappa shape index (κ2) is 5.61. The van der Waals surface area contributed by atoms with Gasteiger partial charge < -0.3 is 0 Å². The Morgan fingerprint density at radius 1 is 1.50 bits per heavy atom. The highest BCUT2D eigenvalue weighted by Gasteiger charge is 2.00. The number of hydrogen-bond donors (Lipinski definition) is 1. The van der Waals surface area contributed by atoms with Crippen LogP contribution >= 0.6 is 0 Å². The third kappa shape index (κ3) is 3.50. The molecule has 0 heterocycles. The van der Waals surface area contributed by atoms with Crippen molar-refractivity contribution in [2.45, 2.75) is 13.3 Å². The molecule has 82 valence electrons. The van der Waals surface area contributed by atoms with E-state index >= 15 is 0 Å². The highest BCUT2D eigenvalue weighted by molar-refractivity contribution is 5.99. The summed E-state index contributed by atoms with van der Waals surface area (Å²) in [6, 6.07) is 7.45. The number of benzene rings is 1. The first-order chi connectivity index (χ1) is 7.63. The molecule has 0 saturated carbocycles. The van der Waals surface area contributed by atoms with Crippen molar-refractivity contribution >= 4 is 11.6 Å². The number of hydrazone groups is 1. The van der Waals surface area contributed by atoms with Gasteiger partial charge in [0, 0.05) is 0 Å². The van der Waals surface area contributed by atoms with Crippen molar-refractivity contribution in [1.82, 2.24) is 5.43 Å². The number of carbonyl (C=O) groups is 1. The van der Waals surface area contributed by atoms with Crippen LogP contribution in [0.25, 0.3) is 0 Å². The van der Waals surface area contributed by atoms with Crippen LogP contribution in [0.2, 0.25) is 0 Å². The van der Waals surface area contributed by atoms with Crippen molar-refractivity contribution in [2.24, 2.45) is 5.10 Å². The fourth-order valence-electron chi connectivity index (χ4n) is 1.01. The third-order valence-electron chi connectivity index (χ3n) is 1.85. The average molecular weight is 219 g/mol. The molecule has 0 spiro atoms. The molecular formula is C11H10FN3O. The smallest absolute Gasteiger partial charge is 0.254 e. The van der Waals surface area contributed by atoms with Crippen LogP contribution in [0.5, 0.6) is 0 Å². The van der Waals surface area contributed by atoms with Gasteiger partial charge in [-0.25, -0.2) is 9.82 Å². The largest absolute Gasteiger partial charge is 0.272 e. The molecule has 1 aromatic carbocycles. The molecule has 1 N–H and O–H groups in total. The van der Waals surface area contributed by atoms with E-state index in [2.05, 4.69) is 10.5 Å². The van der Waals surface area contributed by atoms with Gasteiger partial charge in [-0.05, 0) is 24.6 Å². The topological polar surface area (TPSA) is 65.2 Å². The van der Waals surface area contributed by atoms with E-state index in [4.69, 9.17) is 5.26 Å². The van der Waals surface area contributed by atoms with Gasteiger partial charge in [0.1, 0.15) is 12.2 Å². The van der Waals surface area contributed by atoms with Crippen LogP contribution in [0, 0.1) is 17.1 Å². The number of halogens is 1. The quantitative estimate of drug-likeness (QED) is 0.619. The molecule has 0 radical (unpaired) electrons. The van der Waals surface area contributed by atoms with E-state index in [9.17, 15) is 9.18 Å². The molecule has 1 rings (SSSR count). The Morgan fingerprint density at radius 3 is 2.69 bits per heavy atom. The molecule has 0 bridgehead atoms. The van der Waals surface area contributed by atoms with Crippen LogP contribution in [0.1, 0.15) is 18.9 Å². The fraction of sp³-hybridized carbons (Fsp3) is 0.182. The molecule has 16 heavy (non-hydrogen) atoms. The van der Waals surface area contributed by atoms with Gasteiger partial charge in [-0.3, -0.25) is 4.79 Å². The van der Waals surface area contributed by atoms with Crippen molar-refractivity contribution in [3.05, 3.63) is 35.6 Å². The molecule has 0 fully saturated rings. The summed E-state index contributed by atoms with van der Waals surface area (Å²) in [6.45, 7) is 1.68. The lowest BCUT2D eigenvalue weighted by atomic mass is 10.1. The Kier molecular flexibility index (Phi) is 4.16. The first-order valence-electron chi connectivity index (χ1n) is 4.59. The molecule has 5 heteroatoms. The standard InChI is InChI=1S/C11H10FN3O/c1-8(14-15-11(16)6-7-13)9-2-4-10(12)5-3-9/h2-5H,6H2,1H3,(H,15,16)/b14-8-. The Morgan fingerprint density at radius 2 is 2.12 bits per heavy atom. The van der Waals surface area contributed by atoms with Crippen LogP contribution in [0.4, 0.5) is 4.39 Å². The number of rotatable bonds is 3. The van der Waals surface area contributed by atoms with Crippen LogP contribution in [0.15, 0.2) is 29.4 Å². The summed E-state index contributed by atoms with van der Waals surface area (Å²) in [4.78, 5) is 10.9. The minimum atomic E-state index is -0.469. The molecule has 0 aliphatic rings. The normalized spacial score (nSPS) is 10.7. The minimum absolute atomic E-state index is 0.236. The SMILES string of the molecule is C/C(=N/NC(=O)CC#N)c1ccc(F)cc1. The summed E-state index contributed by atoms with van der Waals surface area (Å²) in [5.74, 6) is -0.797. The molecule has 0 aliphatic carbocycles. The summed E-state index contributed by atoms with van der Waals surface area (Å²) in [6.07, 6.45) is -0.236. The van der Waals surface area contributed by atoms with E-state index in [1.165, 1.54) is 12.1 Å². The van der Waals surface area contributed by atoms with Gasteiger partial charge in [0.25, 0.3) is 5.91 Å². The Balaban J connectivity index is 2.67. The lowest BCUT2D eigenvalue weighted by Gasteiger charge is -2.00. The fourth-order valence-corrected chi connectivity index (χ4v) is 1.01. The maximum atomic E-state index is 12.6. The monoisotopic (exact) mass is 219 g/mol. The number of amides is 1. The molecule has 1 amide bonds. The van der Waals surface area contributed by atoms with Crippen LogP contribution in [-0.2, 0) is 4.79 Å². The van der Waals surface area contributed by atoms with Crippen LogP contribution < -0.4 is 5.43 Å². The lowest BCUT2D eigenvalue weighted by molar-refractivity contribution is -0.120. The molecule has 0 atom stereocenters. The van der Waals surface area contributed by atoms with Gasteiger partial charge in [-0.1, -0.05) is 12.1 Å². The third-order valence-corrected chi connectivity index (χ3v) is 1.85. The van der Waals surface area contributed by atoms with E-state index in [0.29, 0.717) is 11.3 Å². The van der Waals surface area contributed by atoms with Crippen molar-refractivity contribution in [3.63, 3.8) is 0 Å². The van der Waals surface area contributed by atoms with Crippen molar-refractivity contribution in [3.8, 4) is 6.07 Å². The maximum absolute atomic E-state index is 12.6. The van der Waals surface area contributed by atoms with Crippen molar-refractivity contribution in [2.75, 3.05) is 0 Å². The van der Waals surface area contributed by atoms with Crippen LogP contribution in [0.3, 0.4) is 0 Å². The molecule has 4 nitrogen and oxygen atoms in total. The second-order valence-corrected chi connectivity index (χ2v) is 3.07. The maximum Gasteiger partial charge on any atom is 0.254 e. The average Bonchev–Trinajstić information content (AvgIpc) is 2.27. The van der Waals surface area contributed by atoms with E-state index < -0.39 is 5.91 Å². The van der Waals surface area contributed by atoms with Gasteiger partial charge >= 0.3 is 0 Å². The second-order valence-electron chi connectivity index (χ2n) is 3.07. The number of carbonyl (C=O) groups excluding carboxylic acids is 1. The minimum Gasteiger partial charge on any atom is -0.272 e.